The molecule has 3 aromatic carbocycles. The van der Waals surface area contributed by atoms with E-state index in [4.69, 9.17) is 11.6 Å². The van der Waals surface area contributed by atoms with Crippen LogP contribution in [0.4, 0.5) is 14.5 Å². The molecule has 3 aromatic rings. The van der Waals surface area contributed by atoms with Crippen LogP contribution in [0.5, 0.6) is 0 Å². The molecule has 34 heavy (non-hydrogen) atoms. The van der Waals surface area contributed by atoms with Gasteiger partial charge < -0.3 is 0 Å². The fourth-order valence-electron chi connectivity index (χ4n) is 3.48. The van der Waals surface area contributed by atoms with E-state index >= 15 is 0 Å². The zero-order valence-corrected chi connectivity index (χ0v) is 18.1. The number of amides is 4. The van der Waals surface area contributed by atoms with Crippen molar-refractivity contribution in [3.63, 3.8) is 0 Å². The predicted octanol–water partition coefficient (Wildman–Crippen LogP) is 3.74. The molecular formula is C24H16ClF2N3O4. The molecule has 4 rings (SSSR count). The molecule has 1 atom stereocenters. The first-order valence-electron chi connectivity index (χ1n) is 10.0. The number of hydrazine groups is 1. The van der Waals surface area contributed by atoms with E-state index in [0.717, 1.165) is 34.2 Å². The number of anilines is 1. The van der Waals surface area contributed by atoms with Crippen molar-refractivity contribution < 1.29 is 28.0 Å². The van der Waals surface area contributed by atoms with Crippen LogP contribution in [0.2, 0.25) is 5.02 Å². The first kappa shape index (κ1) is 23.1. The van der Waals surface area contributed by atoms with Crippen LogP contribution in [-0.2, 0) is 9.59 Å². The van der Waals surface area contributed by atoms with Gasteiger partial charge in [-0.05, 0) is 66.7 Å². The minimum Gasteiger partial charge on any atom is -0.274 e. The molecule has 0 spiro atoms. The van der Waals surface area contributed by atoms with Gasteiger partial charge in [0, 0.05) is 16.1 Å². The Bertz CT molecular complexity index is 1280. The van der Waals surface area contributed by atoms with Crippen LogP contribution in [0, 0.1) is 11.6 Å². The number of hydrogen-bond acceptors (Lipinski definition) is 4. The Labute approximate surface area is 197 Å². The number of imide groups is 1. The maximum Gasteiger partial charge on any atom is 0.273 e. The summed E-state index contributed by atoms with van der Waals surface area (Å²) in [6.07, 6.45) is -0.432. The number of rotatable bonds is 4. The number of benzene rings is 3. The van der Waals surface area contributed by atoms with Crippen molar-refractivity contribution in [2.75, 3.05) is 4.90 Å². The molecule has 7 nitrogen and oxygen atoms in total. The van der Waals surface area contributed by atoms with E-state index in [2.05, 4.69) is 5.43 Å². The van der Waals surface area contributed by atoms with Crippen molar-refractivity contribution in [1.82, 2.24) is 10.4 Å². The van der Waals surface area contributed by atoms with Crippen molar-refractivity contribution in [3.05, 3.63) is 101 Å². The van der Waals surface area contributed by atoms with Crippen molar-refractivity contribution in [2.45, 2.75) is 12.5 Å². The summed E-state index contributed by atoms with van der Waals surface area (Å²) < 4.78 is 26.9. The van der Waals surface area contributed by atoms with E-state index in [1.54, 1.807) is 0 Å². The standard InChI is InChI=1S/C24H16ClF2N3O4/c25-16-6-4-14(5-7-16)23(33)30(28-22(32)15-2-1-3-18(27)12-15)20-13-21(31)29(24(20)34)19-10-8-17(26)9-11-19/h1-12,20H,13H2,(H,28,32). The van der Waals surface area contributed by atoms with Crippen LogP contribution in [-0.4, -0.2) is 34.7 Å². The van der Waals surface area contributed by atoms with Gasteiger partial charge in [0.1, 0.15) is 17.7 Å². The van der Waals surface area contributed by atoms with Gasteiger partial charge >= 0.3 is 0 Å². The van der Waals surface area contributed by atoms with E-state index in [1.807, 2.05) is 0 Å². The lowest BCUT2D eigenvalue weighted by Gasteiger charge is -2.28. The third-order valence-corrected chi connectivity index (χ3v) is 5.39. The summed E-state index contributed by atoms with van der Waals surface area (Å²) in [5.74, 6) is -4.30. The van der Waals surface area contributed by atoms with Gasteiger partial charge in [0.05, 0.1) is 12.1 Å². The van der Waals surface area contributed by atoms with Crippen LogP contribution >= 0.6 is 11.6 Å². The highest BCUT2D eigenvalue weighted by atomic mass is 35.5. The fraction of sp³-hybridized carbons (Fsp3) is 0.0833. The largest absolute Gasteiger partial charge is 0.274 e. The Morgan fingerprint density at radius 3 is 2.24 bits per heavy atom. The second-order valence-electron chi connectivity index (χ2n) is 7.40. The van der Waals surface area contributed by atoms with E-state index in [9.17, 15) is 28.0 Å². The van der Waals surface area contributed by atoms with Crippen LogP contribution in [0.25, 0.3) is 0 Å². The number of carbonyl (C=O) groups excluding carboxylic acids is 4. The van der Waals surface area contributed by atoms with Gasteiger partial charge in [-0.3, -0.25) is 24.6 Å². The molecule has 0 bridgehead atoms. The van der Waals surface area contributed by atoms with Gasteiger partial charge in [-0.15, -0.1) is 0 Å². The minimum absolute atomic E-state index is 0.0874. The fourth-order valence-corrected chi connectivity index (χ4v) is 3.61. The maximum atomic E-state index is 13.6. The second-order valence-corrected chi connectivity index (χ2v) is 7.83. The zero-order valence-electron chi connectivity index (χ0n) is 17.4. The lowest BCUT2D eigenvalue weighted by atomic mass is 10.1. The van der Waals surface area contributed by atoms with Crippen LogP contribution in [0.1, 0.15) is 27.1 Å². The Morgan fingerprint density at radius 1 is 0.912 bits per heavy atom. The summed E-state index contributed by atoms with van der Waals surface area (Å²) in [4.78, 5) is 52.8. The topological polar surface area (TPSA) is 86.8 Å². The van der Waals surface area contributed by atoms with Gasteiger partial charge in [0.25, 0.3) is 17.7 Å². The van der Waals surface area contributed by atoms with Gasteiger partial charge in [-0.2, -0.15) is 0 Å². The highest BCUT2D eigenvalue weighted by Crippen LogP contribution is 2.26. The Morgan fingerprint density at radius 2 is 1.59 bits per heavy atom. The van der Waals surface area contributed by atoms with Crippen LogP contribution < -0.4 is 10.3 Å². The van der Waals surface area contributed by atoms with Gasteiger partial charge in [-0.25, -0.2) is 18.7 Å². The van der Waals surface area contributed by atoms with E-state index in [-0.39, 0.29) is 16.8 Å². The average molecular weight is 484 g/mol. The first-order valence-corrected chi connectivity index (χ1v) is 10.4. The smallest absolute Gasteiger partial charge is 0.273 e. The number of carbonyl (C=O) groups is 4. The quantitative estimate of drug-likeness (QED) is 0.452. The molecule has 0 saturated carbocycles. The Balaban J connectivity index is 1.68. The summed E-state index contributed by atoms with van der Waals surface area (Å²) in [5, 5.41) is 1.11. The summed E-state index contributed by atoms with van der Waals surface area (Å²) >= 11 is 5.88. The summed E-state index contributed by atoms with van der Waals surface area (Å²) in [6.45, 7) is 0. The zero-order chi connectivity index (χ0) is 24.4. The number of halogens is 3. The third-order valence-electron chi connectivity index (χ3n) is 5.14. The molecule has 172 valence electrons. The number of nitrogens with one attached hydrogen (secondary N) is 1. The normalized spacial score (nSPS) is 15.4. The molecular weight excluding hydrogens is 468 g/mol. The van der Waals surface area contributed by atoms with E-state index in [0.29, 0.717) is 5.02 Å². The van der Waals surface area contributed by atoms with Gasteiger partial charge in [0.15, 0.2) is 0 Å². The lowest BCUT2D eigenvalue weighted by molar-refractivity contribution is -0.122. The molecule has 1 aliphatic heterocycles. The van der Waals surface area contributed by atoms with Crippen LogP contribution in [0.15, 0.2) is 72.8 Å². The Kier molecular flexibility index (Phi) is 6.38. The monoisotopic (exact) mass is 483 g/mol. The Hall–Kier alpha value is -4.11. The molecule has 0 aromatic heterocycles. The molecule has 1 fully saturated rings. The molecule has 1 heterocycles. The third kappa shape index (κ3) is 4.65. The molecule has 1 unspecified atom stereocenters. The lowest BCUT2D eigenvalue weighted by Crippen LogP contribution is -2.54. The second kappa shape index (κ2) is 9.40. The molecule has 1 aliphatic rings. The average Bonchev–Trinajstić information content (AvgIpc) is 3.11. The SMILES string of the molecule is O=C(NN(C(=O)c1ccc(Cl)cc1)C1CC(=O)N(c2ccc(F)cc2)C1=O)c1cccc(F)c1. The molecule has 0 radical (unpaired) electrons. The predicted molar refractivity (Wildman–Crippen MR) is 119 cm³/mol. The highest BCUT2D eigenvalue weighted by molar-refractivity contribution is 6.30. The summed E-state index contributed by atoms with van der Waals surface area (Å²) in [5.41, 5.74) is 2.44. The number of nitrogens with zero attached hydrogens (tertiary/aromatic N) is 2. The molecule has 1 N–H and O–H groups in total. The molecule has 1 saturated heterocycles. The van der Waals surface area contributed by atoms with Crippen LogP contribution in [0.3, 0.4) is 0 Å². The molecule has 4 amide bonds. The van der Waals surface area contributed by atoms with Gasteiger partial charge in [0.2, 0.25) is 5.91 Å². The first-order chi connectivity index (χ1) is 16.2. The summed E-state index contributed by atoms with van der Waals surface area (Å²) in [6, 6.07) is 13.7. The van der Waals surface area contributed by atoms with Crippen molar-refractivity contribution >= 4 is 40.9 Å². The maximum absolute atomic E-state index is 13.6. The van der Waals surface area contributed by atoms with Gasteiger partial charge in [-0.1, -0.05) is 17.7 Å². The van der Waals surface area contributed by atoms with Crippen molar-refractivity contribution in [3.8, 4) is 0 Å². The molecule has 0 aliphatic carbocycles. The van der Waals surface area contributed by atoms with Crippen molar-refractivity contribution in [2.24, 2.45) is 0 Å². The van der Waals surface area contributed by atoms with E-state index in [1.165, 1.54) is 48.5 Å². The van der Waals surface area contributed by atoms with E-state index < -0.39 is 47.7 Å². The summed E-state index contributed by atoms with van der Waals surface area (Å²) in [7, 11) is 0. The highest BCUT2D eigenvalue weighted by Gasteiger charge is 2.45. The number of hydrogen-bond donors (Lipinski definition) is 1. The van der Waals surface area contributed by atoms with Crippen molar-refractivity contribution in [1.29, 1.82) is 0 Å². The molecule has 10 heteroatoms. The minimum atomic E-state index is -1.39.